The number of ether oxygens (including phenoxy) is 2. The molecule has 0 fully saturated rings. The molecule has 2 rings (SSSR count). The Balaban J connectivity index is 2.27. The van der Waals surface area contributed by atoms with Crippen LogP contribution < -0.4 is 4.74 Å². The second kappa shape index (κ2) is 5.21. The highest BCUT2D eigenvalue weighted by Gasteiger charge is 2.40. The molecule has 1 aromatic rings. The van der Waals surface area contributed by atoms with Gasteiger partial charge in [0.15, 0.2) is 0 Å². The van der Waals surface area contributed by atoms with Crippen LogP contribution in [0.1, 0.15) is 31.7 Å². The van der Waals surface area contributed by atoms with Crippen LogP contribution in [-0.2, 0) is 14.3 Å². The number of rotatable bonds is 4. The lowest BCUT2D eigenvalue weighted by atomic mass is 9.91. The molecule has 96 valence electrons. The van der Waals surface area contributed by atoms with Crippen molar-refractivity contribution in [2.24, 2.45) is 0 Å². The van der Waals surface area contributed by atoms with Crippen molar-refractivity contribution < 1.29 is 19.1 Å². The smallest absolute Gasteiger partial charge is 0.347 e. The van der Waals surface area contributed by atoms with E-state index in [0.29, 0.717) is 18.8 Å². The molecule has 4 heteroatoms. The number of Topliss-reactive ketones (excluding diaryl/α,β-unsaturated/α-hetero) is 1. The Hall–Kier alpha value is -1.84. The van der Waals surface area contributed by atoms with E-state index in [1.54, 1.807) is 6.92 Å². The van der Waals surface area contributed by atoms with Crippen LogP contribution in [0.15, 0.2) is 24.3 Å². The molecular formula is C14H16O4. The van der Waals surface area contributed by atoms with E-state index in [9.17, 15) is 9.59 Å². The van der Waals surface area contributed by atoms with Crippen LogP contribution in [-0.4, -0.2) is 24.5 Å². The van der Waals surface area contributed by atoms with Crippen molar-refractivity contribution >= 4 is 11.8 Å². The van der Waals surface area contributed by atoms with Gasteiger partial charge in [0.2, 0.25) is 6.10 Å². The van der Waals surface area contributed by atoms with Gasteiger partial charge in [0.25, 0.3) is 0 Å². The van der Waals surface area contributed by atoms with Crippen LogP contribution in [0.4, 0.5) is 0 Å². The molecule has 0 saturated heterocycles. The molecule has 18 heavy (non-hydrogen) atoms. The summed E-state index contributed by atoms with van der Waals surface area (Å²) in [5, 5.41) is 0. The summed E-state index contributed by atoms with van der Waals surface area (Å²) in [7, 11) is 0. The van der Waals surface area contributed by atoms with Crippen LogP contribution in [0.5, 0.6) is 5.75 Å². The van der Waals surface area contributed by atoms with Gasteiger partial charge in [-0.25, -0.2) is 4.79 Å². The minimum Gasteiger partial charge on any atom is -0.478 e. The molecule has 0 saturated carbocycles. The van der Waals surface area contributed by atoms with E-state index in [-0.39, 0.29) is 11.7 Å². The summed E-state index contributed by atoms with van der Waals surface area (Å²) in [5.41, 5.74) is 0.908. The zero-order chi connectivity index (χ0) is 13.1. The van der Waals surface area contributed by atoms with Gasteiger partial charge < -0.3 is 14.3 Å². The lowest BCUT2D eigenvalue weighted by molar-refractivity contribution is -0.151. The van der Waals surface area contributed by atoms with Crippen LogP contribution in [0.3, 0.4) is 0 Å². The molecule has 0 bridgehead atoms. The Morgan fingerprint density at radius 1 is 1.33 bits per heavy atom. The van der Waals surface area contributed by atoms with Gasteiger partial charge in [-0.15, -0.1) is 0 Å². The van der Waals surface area contributed by atoms with Crippen molar-refractivity contribution in [1.29, 1.82) is 0 Å². The highest BCUT2D eigenvalue weighted by molar-refractivity contribution is 5.82. The summed E-state index contributed by atoms with van der Waals surface area (Å²) >= 11 is 0. The van der Waals surface area contributed by atoms with E-state index in [4.69, 9.17) is 9.47 Å². The molecule has 0 spiro atoms. The lowest BCUT2D eigenvalue weighted by Gasteiger charge is -2.16. The second-order valence-electron chi connectivity index (χ2n) is 4.34. The van der Waals surface area contributed by atoms with Gasteiger partial charge in [-0.1, -0.05) is 18.2 Å². The normalized spacial score (nSPS) is 21.0. The third-order valence-corrected chi connectivity index (χ3v) is 2.96. The van der Waals surface area contributed by atoms with Crippen molar-refractivity contribution in [3.8, 4) is 5.75 Å². The predicted octanol–water partition coefficient (Wildman–Crippen LogP) is 2.07. The molecule has 1 aromatic carbocycles. The Labute approximate surface area is 106 Å². The van der Waals surface area contributed by atoms with Crippen molar-refractivity contribution in [2.75, 3.05) is 6.61 Å². The summed E-state index contributed by atoms with van der Waals surface area (Å²) in [6.07, 6.45) is -0.410. The van der Waals surface area contributed by atoms with Crippen LogP contribution in [0.2, 0.25) is 0 Å². The average molecular weight is 248 g/mol. The lowest BCUT2D eigenvalue weighted by Crippen LogP contribution is -2.32. The number of benzene rings is 1. The number of carbonyl (C=O) groups excluding carboxylic acids is 2. The molecule has 4 nitrogen and oxygen atoms in total. The molecule has 0 radical (unpaired) electrons. The van der Waals surface area contributed by atoms with Gasteiger partial charge in [-0.2, -0.15) is 0 Å². The molecule has 0 aromatic heterocycles. The SMILES string of the molecule is CCOC(=O)[C@@H]1Oc2ccccc2[C@H]1CC(C)=O. The number of esters is 1. The molecule has 0 aliphatic carbocycles. The Kier molecular flexibility index (Phi) is 3.65. The highest BCUT2D eigenvalue weighted by Crippen LogP contribution is 2.40. The minimum atomic E-state index is -0.703. The average Bonchev–Trinajstić information content (AvgIpc) is 2.68. The van der Waals surface area contributed by atoms with E-state index in [0.717, 1.165) is 5.56 Å². The van der Waals surface area contributed by atoms with E-state index in [1.165, 1.54) is 6.92 Å². The number of fused-ring (bicyclic) bond motifs is 1. The minimum absolute atomic E-state index is 0.0367. The van der Waals surface area contributed by atoms with Gasteiger partial charge in [0.05, 0.1) is 6.61 Å². The topological polar surface area (TPSA) is 52.6 Å². The van der Waals surface area contributed by atoms with Gasteiger partial charge in [-0.05, 0) is 19.9 Å². The number of carbonyl (C=O) groups is 2. The summed E-state index contributed by atoms with van der Waals surface area (Å²) < 4.78 is 10.6. The quantitative estimate of drug-likeness (QED) is 0.765. The molecule has 2 atom stereocenters. The van der Waals surface area contributed by atoms with Gasteiger partial charge in [0, 0.05) is 17.9 Å². The first-order chi connectivity index (χ1) is 8.63. The molecule has 0 unspecified atom stereocenters. The fourth-order valence-electron chi connectivity index (χ4n) is 2.24. The highest BCUT2D eigenvalue weighted by atomic mass is 16.6. The first kappa shape index (κ1) is 12.6. The van der Waals surface area contributed by atoms with E-state index in [1.807, 2.05) is 24.3 Å². The molecular weight excluding hydrogens is 232 g/mol. The maximum Gasteiger partial charge on any atom is 0.347 e. The summed E-state index contributed by atoms with van der Waals surface area (Å²) in [5.74, 6) is 0.0640. The van der Waals surface area contributed by atoms with Crippen molar-refractivity contribution in [3.63, 3.8) is 0 Å². The molecule has 1 heterocycles. The fraction of sp³-hybridized carbons (Fsp3) is 0.429. The van der Waals surface area contributed by atoms with Gasteiger partial charge in [0.1, 0.15) is 11.5 Å². The summed E-state index contributed by atoms with van der Waals surface area (Å²) in [6.45, 7) is 3.57. The number of hydrogen-bond acceptors (Lipinski definition) is 4. The van der Waals surface area contributed by atoms with Crippen LogP contribution in [0.25, 0.3) is 0 Å². The maximum absolute atomic E-state index is 11.8. The Morgan fingerprint density at radius 3 is 2.72 bits per heavy atom. The van der Waals surface area contributed by atoms with Crippen molar-refractivity contribution in [1.82, 2.24) is 0 Å². The first-order valence-electron chi connectivity index (χ1n) is 6.05. The number of ketones is 1. The largest absolute Gasteiger partial charge is 0.478 e. The van der Waals surface area contributed by atoms with E-state index < -0.39 is 12.1 Å². The zero-order valence-corrected chi connectivity index (χ0v) is 10.5. The fourth-order valence-corrected chi connectivity index (χ4v) is 2.24. The first-order valence-corrected chi connectivity index (χ1v) is 6.05. The molecule has 1 aliphatic rings. The van der Waals surface area contributed by atoms with E-state index in [2.05, 4.69) is 0 Å². The number of hydrogen-bond donors (Lipinski definition) is 0. The standard InChI is InChI=1S/C14H16O4/c1-3-17-14(16)13-11(8-9(2)15)10-6-4-5-7-12(10)18-13/h4-7,11,13H,3,8H2,1-2H3/t11-,13-/m1/s1. The monoisotopic (exact) mass is 248 g/mol. The maximum atomic E-state index is 11.8. The van der Waals surface area contributed by atoms with E-state index >= 15 is 0 Å². The van der Waals surface area contributed by atoms with Gasteiger partial charge in [-0.3, -0.25) is 0 Å². The molecule has 0 N–H and O–H groups in total. The third-order valence-electron chi connectivity index (χ3n) is 2.96. The predicted molar refractivity (Wildman–Crippen MR) is 65.5 cm³/mol. The second-order valence-corrected chi connectivity index (χ2v) is 4.34. The molecule has 0 amide bonds. The Bertz CT molecular complexity index is 467. The molecule has 1 aliphatic heterocycles. The van der Waals surface area contributed by atoms with Crippen LogP contribution >= 0.6 is 0 Å². The third kappa shape index (κ3) is 2.37. The van der Waals surface area contributed by atoms with Crippen molar-refractivity contribution in [2.45, 2.75) is 32.3 Å². The van der Waals surface area contributed by atoms with Crippen molar-refractivity contribution in [3.05, 3.63) is 29.8 Å². The Morgan fingerprint density at radius 2 is 2.06 bits per heavy atom. The zero-order valence-electron chi connectivity index (χ0n) is 10.5. The summed E-state index contributed by atoms with van der Waals surface area (Å²) in [4.78, 5) is 23.2. The number of para-hydroxylation sites is 1. The summed E-state index contributed by atoms with van der Waals surface area (Å²) in [6, 6.07) is 7.42. The van der Waals surface area contributed by atoms with Crippen LogP contribution in [0, 0.1) is 0 Å². The van der Waals surface area contributed by atoms with Gasteiger partial charge >= 0.3 is 5.97 Å².